The molecular weight excluding hydrogens is 420 g/mol. The van der Waals surface area contributed by atoms with Gasteiger partial charge in [-0.1, -0.05) is 20.8 Å². The minimum atomic E-state index is -0.577. The summed E-state index contributed by atoms with van der Waals surface area (Å²) in [4.78, 5) is 36.0. The van der Waals surface area contributed by atoms with Crippen LogP contribution in [0.4, 0.5) is 0 Å². The van der Waals surface area contributed by atoms with Crippen LogP contribution in [-0.2, 0) is 28.6 Å². The molecule has 33 heavy (non-hydrogen) atoms. The molecule has 4 fully saturated rings. The van der Waals surface area contributed by atoms with Crippen LogP contribution in [0.25, 0.3) is 0 Å². The van der Waals surface area contributed by atoms with Crippen molar-refractivity contribution in [3.8, 4) is 0 Å². The lowest BCUT2D eigenvalue weighted by Crippen LogP contribution is -2.57. The molecule has 0 aromatic rings. The zero-order valence-corrected chi connectivity index (χ0v) is 21.2. The average molecular weight is 463 g/mol. The molecule has 0 N–H and O–H groups in total. The van der Waals surface area contributed by atoms with Crippen LogP contribution in [0.5, 0.6) is 0 Å². The Bertz CT molecular complexity index is 791. The molecule has 0 saturated heterocycles. The lowest BCUT2D eigenvalue weighted by Gasteiger charge is -2.62. The minimum Gasteiger partial charge on any atom is -0.462 e. The highest BCUT2D eigenvalue weighted by Crippen LogP contribution is 2.69. The predicted molar refractivity (Wildman–Crippen MR) is 123 cm³/mol. The summed E-state index contributed by atoms with van der Waals surface area (Å²) < 4.78 is 16.9. The molecule has 4 rings (SSSR count). The number of carbonyl (C=O) groups is 3. The molecule has 4 saturated carbocycles. The number of rotatable bonds is 5. The standard InChI is InChI=1S/C27H42O6/c1-15-11-20(30)14-19-7-8-21-22(27(15,19)5)9-10-26(4)23(32-16(2)28)12-18(25(21)26)13-24(31-6)33-17(3)29/h15,18-19,21-25H,7-14H2,1-6H3/t15?,18?,19?,21-,22-,23?,24?,25+,26-,27+/m1/s1. The maximum absolute atomic E-state index is 12.4. The number of methoxy groups -OCH3 is 1. The third-order valence-electron chi connectivity index (χ3n) is 10.5. The summed E-state index contributed by atoms with van der Waals surface area (Å²) in [7, 11) is 1.59. The normalized spacial score (nSPS) is 45.4. The first-order valence-electron chi connectivity index (χ1n) is 12.9. The zero-order chi connectivity index (χ0) is 24.1. The molecular formula is C27H42O6. The highest BCUT2D eigenvalue weighted by molar-refractivity contribution is 5.80. The van der Waals surface area contributed by atoms with Crippen LogP contribution in [0.2, 0.25) is 0 Å². The molecule has 0 spiro atoms. The van der Waals surface area contributed by atoms with Gasteiger partial charge in [0.15, 0.2) is 0 Å². The highest BCUT2D eigenvalue weighted by atomic mass is 16.7. The van der Waals surface area contributed by atoms with Gasteiger partial charge in [0, 0.05) is 45.6 Å². The van der Waals surface area contributed by atoms with Crippen molar-refractivity contribution in [1.29, 1.82) is 0 Å². The van der Waals surface area contributed by atoms with Crippen LogP contribution in [-0.4, -0.2) is 37.2 Å². The van der Waals surface area contributed by atoms with Gasteiger partial charge in [0.25, 0.3) is 0 Å². The summed E-state index contributed by atoms with van der Waals surface area (Å²) in [6.45, 7) is 9.98. The summed E-state index contributed by atoms with van der Waals surface area (Å²) in [6.07, 6.45) is 6.56. The Morgan fingerprint density at radius 2 is 1.82 bits per heavy atom. The van der Waals surface area contributed by atoms with E-state index in [0.717, 1.165) is 38.5 Å². The van der Waals surface area contributed by atoms with Crippen LogP contribution in [0.1, 0.15) is 86.0 Å². The number of ketones is 1. The Balaban J connectivity index is 1.66. The summed E-state index contributed by atoms with van der Waals surface area (Å²) in [6, 6.07) is 0. The molecule has 6 heteroatoms. The molecule has 5 unspecified atom stereocenters. The van der Waals surface area contributed by atoms with E-state index < -0.39 is 6.29 Å². The van der Waals surface area contributed by atoms with Gasteiger partial charge < -0.3 is 14.2 Å². The van der Waals surface area contributed by atoms with Gasteiger partial charge >= 0.3 is 11.9 Å². The van der Waals surface area contributed by atoms with E-state index >= 15 is 0 Å². The number of hydrogen-bond donors (Lipinski definition) is 0. The smallest absolute Gasteiger partial charge is 0.304 e. The van der Waals surface area contributed by atoms with Crippen molar-refractivity contribution >= 4 is 17.7 Å². The SMILES string of the molecule is COC(CC1CC(OC(C)=O)[C@@]2(C)CC[C@@H]3[C@@H](CCC4CC(=O)CC(C)[C@@]43C)[C@H]12)OC(C)=O. The molecule has 0 bridgehead atoms. The van der Waals surface area contributed by atoms with Crippen molar-refractivity contribution in [3.63, 3.8) is 0 Å². The summed E-state index contributed by atoms with van der Waals surface area (Å²) in [5.41, 5.74) is 0.0989. The second-order valence-corrected chi connectivity index (χ2v) is 11.9. The van der Waals surface area contributed by atoms with Crippen molar-refractivity contribution in [2.45, 2.75) is 98.4 Å². The first-order chi connectivity index (χ1) is 15.5. The molecule has 0 aromatic heterocycles. The van der Waals surface area contributed by atoms with E-state index in [1.807, 2.05) is 0 Å². The molecule has 10 atom stereocenters. The Hall–Kier alpha value is -1.43. The van der Waals surface area contributed by atoms with Crippen molar-refractivity contribution in [3.05, 3.63) is 0 Å². The Kier molecular flexibility index (Phi) is 6.71. The number of carbonyl (C=O) groups excluding carboxylic acids is 3. The number of esters is 2. The Morgan fingerprint density at radius 3 is 2.45 bits per heavy atom. The fourth-order valence-corrected chi connectivity index (χ4v) is 8.96. The van der Waals surface area contributed by atoms with Crippen LogP contribution in [0, 0.1) is 46.3 Å². The van der Waals surface area contributed by atoms with E-state index in [1.54, 1.807) is 7.11 Å². The minimum absolute atomic E-state index is 0.0804. The van der Waals surface area contributed by atoms with Gasteiger partial charge in [0.05, 0.1) is 0 Å². The van der Waals surface area contributed by atoms with E-state index in [2.05, 4.69) is 20.8 Å². The molecule has 0 aliphatic heterocycles. The number of Topliss-reactive ketones (excluding diaryl/α,β-unsaturated/α-hetero) is 1. The van der Waals surface area contributed by atoms with Crippen molar-refractivity contribution in [1.82, 2.24) is 0 Å². The molecule has 0 radical (unpaired) electrons. The van der Waals surface area contributed by atoms with E-state index in [4.69, 9.17) is 14.2 Å². The van der Waals surface area contributed by atoms with Crippen LogP contribution in [0.3, 0.4) is 0 Å². The first-order valence-corrected chi connectivity index (χ1v) is 12.9. The van der Waals surface area contributed by atoms with E-state index in [0.29, 0.717) is 48.2 Å². The van der Waals surface area contributed by atoms with Gasteiger partial charge in [-0.25, -0.2) is 0 Å². The largest absolute Gasteiger partial charge is 0.462 e. The monoisotopic (exact) mass is 462 g/mol. The second kappa shape index (κ2) is 8.98. The molecule has 6 nitrogen and oxygen atoms in total. The fourth-order valence-electron chi connectivity index (χ4n) is 8.96. The fraction of sp³-hybridized carbons (Fsp3) is 0.889. The van der Waals surface area contributed by atoms with Gasteiger partial charge in [0.1, 0.15) is 11.9 Å². The number of fused-ring (bicyclic) bond motifs is 5. The molecule has 4 aliphatic carbocycles. The predicted octanol–water partition coefficient (Wildman–Crippen LogP) is 4.93. The lowest BCUT2D eigenvalue weighted by molar-refractivity contribution is -0.181. The third-order valence-corrected chi connectivity index (χ3v) is 10.5. The van der Waals surface area contributed by atoms with Gasteiger partial charge in [0.2, 0.25) is 6.29 Å². The van der Waals surface area contributed by atoms with Crippen LogP contribution < -0.4 is 0 Å². The van der Waals surface area contributed by atoms with E-state index in [9.17, 15) is 14.4 Å². The van der Waals surface area contributed by atoms with Gasteiger partial charge in [-0.15, -0.1) is 0 Å². The van der Waals surface area contributed by atoms with E-state index in [-0.39, 0.29) is 34.8 Å². The van der Waals surface area contributed by atoms with Crippen LogP contribution >= 0.6 is 0 Å². The third kappa shape index (κ3) is 4.15. The quantitative estimate of drug-likeness (QED) is 0.426. The molecule has 0 amide bonds. The average Bonchev–Trinajstić information content (AvgIpc) is 2.99. The van der Waals surface area contributed by atoms with Crippen LogP contribution in [0.15, 0.2) is 0 Å². The summed E-state index contributed by atoms with van der Waals surface area (Å²) in [5, 5.41) is 0. The maximum atomic E-state index is 12.4. The zero-order valence-electron chi connectivity index (χ0n) is 21.2. The second-order valence-electron chi connectivity index (χ2n) is 11.9. The number of ether oxygens (including phenoxy) is 3. The van der Waals surface area contributed by atoms with Gasteiger partial charge in [-0.05, 0) is 73.0 Å². The van der Waals surface area contributed by atoms with Gasteiger partial charge in [-0.3, -0.25) is 14.4 Å². The van der Waals surface area contributed by atoms with Gasteiger partial charge in [-0.2, -0.15) is 0 Å². The molecule has 186 valence electrons. The Labute approximate surface area is 198 Å². The van der Waals surface area contributed by atoms with Crippen molar-refractivity contribution in [2.24, 2.45) is 46.3 Å². The maximum Gasteiger partial charge on any atom is 0.304 e. The topological polar surface area (TPSA) is 78.9 Å². The molecule has 0 heterocycles. The molecule has 0 aromatic carbocycles. The highest BCUT2D eigenvalue weighted by Gasteiger charge is 2.64. The lowest BCUT2D eigenvalue weighted by atomic mass is 9.42. The number of hydrogen-bond acceptors (Lipinski definition) is 6. The van der Waals surface area contributed by atoms with Crippen molar-refractivity contribution < 1.29 is 28.6 Å². The van der Waals surface area contributed by atoms with Crippen molar-refractivity contribution in [2.75, 3.05) is 7.11 Å². The summed E-state index contributed by atoms with van der Waals surface area (Å²) in [5.74, 6) is 2.51. The van der Waals surface area contributed by atoms with E-state index in [1.165, 1.54) is 13.8 Å². The first kappa shape index (κ1) is 24.7. The summed E-state index contributed by atoms with van der Waals surface area (Å²) >= 11 is 0. The Morgan fingerprint density at radius 1 is 1.09 bits per heavy atom. The molecule has 4 aliphatic rings.